The summed E-state index contributed by atoms with van der Waals surface area (Å²) in [4.78, 5) is 73.2. The number of aromatic hydroxyl groups is 1. The van der Waals surface area contributed by atoms with Gasteiger partial charge in [0.25, 0.3) is 17.5 Å². The Morgan fingerprint density at radius 1 is 0.844 bits per heavy atom. The van der Waals surface area contributed by atoms with Crippen LogP contribution in [0.15, 0.2) is 48.5 Å². The number of hydrazine groups is 1. The zero-order valence-electron chi connectivity index (χ0n) is 24.8. The van der Waals surface area contributed by atoms with E-state index in [4.69, 9.17) is 11.5 Å². The lowest BCUT2D eigenvalue weighted by molar-refractivity contribution is -0.384. The number of nitrogens with one attached hydrogen (secondary N) is 5. The number of carbonyl (C=O) groups excluding carboxylic acids is 5. The van der Waals surface area contributed by atoms with Gasteiger partial charge in [0.15, 0.2) is 0 Å². The molecule has 16 nitrogen and oxygen atoms in total. The number of phenols is 1. The molecule has 5 amide bonds. The third-order valence-electron chi connectivity index (χ3n) is 6.42. The van der Waals surface area contributed by atoms with Crippen LogP contribution in [0.4, 0.5) is 5.69 Å². The van der Waals surface area contributed by atoms with Crippen molar-refractivity contribution in [3.8, 4) is 5.75 Å². The minimum absolute atomic E-state index is 0.0676. The second kappa shape index (κ2) is 18.2. The van der Waals surface area contributed by atoms with Crippen molar-refractivity contribution >= 4 is 47.0 Å². The van der Waals surface area contributed by atoms with Crippen LogP contribution in [0, 0.1) is 10.1 Å². The highest BCUT2D eigenvalue weighted by atomic mass is 32.2. The number of thioether (sulfide) groups is 1. The average Bonchev–Trinajstić information content (AvgIpc) is 3.01. The first-order valence-electron chi connectivity index (χ1n) is 13.8. The van der Waals surface area contributed by atoms with E-state index in [1.807, 2.05) is 6.26 Å². The molecule has 2 aromatic rings. The first-order valence-corrected chi connectivity index (χ1v) is 15.2. The summed E-state index contributed by atoms with van der Waals surface area (Å²) in [7, 11) is 0. The van der Waals surface area contributed by atoms with Crippen molar-refractivity contribution in [3.63, 3.8) is 0 Å². The van der Waals surface area contributed by atoms with Crippen molar-refractivity contribution in [1.29, 1.82) is 0 Å². The van der Waals surface area contributed by atoms with Crippen molar-refractivity contribution in [1.82, 2.24) is 26.8 Å². The molecule has 0 aromatic heterocycles. The molecule has 0 saturated carbocycles. The van der Waals surface area contributed by atoms with E-state index in [2.05, 4.69) is 26.8 Å². The molecule has 0 unspecified atom stereocenters. The lowest BCUT2D eigenvalue weighted by atomic mass is 10.0. The van der Waals surface area contributed by atoms with E-state index in [1.54, 1.807) is 12.1 Å². The van der Waals surface area contributed by atoms with E-state index in [0.29, 0.717) is 23.3 Å². The van der Waals surface area contributed by atoms with Gasteiger partial charge in [-0.2, -0.15) is 11.8 Å². The third-order valence-corrected chi connectivity index (χ3v) is 7.07. The highest BCUT2D eigenvalue weighted by molar-refractivity contribution is 7.98. The highest BCUT2D eigenvalue weighted by Gasteiger charge is 2.25. The molecule has 4 atom stereocenters. The van der Waals surface area contributed by atoms with Gasteiger partial charge in [-0.05, 0) is 55.0 Å². The monoisotopic (exact) mass is 646 g/mol. The molecule has 17 heteroatoms. The quantitative estimate of drug-likeness (QED) is 0.0789. The number of nitrogens with zero attached hydrogens (tertiary/aromatic N) is 1. The molecule has 0 saturated heterocycles. The van der Waals surface area contributed by atoms with Crippen molar-refractivity contribution in [2.75, 3.05) is 18.6 Å². The first kappa shape index (κ1) is 36.5. The molecule has 0 heterocycles. The number of nitro groups is 1. The zero-order valence-corrected chi connectivity index (χ0v) is 25.6. The smallest absolute Gasteiger partial charge is 0.269 e. The Morgan fingerprint density at radius 2 is 1.42 bits per heavy atom. The summed E-state index contributed by atoms with van der Waals surface area (Å²) in [6, 6.07) is 7.30. The lowest BCUT2D eigenvalue weighted by Gasteiger charge is -2.21. The fourth-order valence-corrected chi connectivity index (χ4v) is 4.30. The van der Waals surface area contributed by atoms with E-state index in [1.165, 1.54) is 55.1 Å². The summed E-state index contributed by atoms with van der Waals surface area (Å²) in [5.74, 6) is -2.81. The van der Waals surface area contributed by atoms with E-state index >= 15 is 0 Å². The summed E-state index contributed by atoms with van der Waals surface area (Å²) >= 11 is 1.50. The van der Waals surface area contributed by atoms with E-state index in [9.17, 15) is 39.2 Å². The molecule has 0 spiro atoms. The molecular weight excluding hydrogens is 608 g/mol. The van der Waals surface area contributed by atoms with Gasteiger partial charge < -0.3 is 32.5 Å². The third kappa shape index (κ3) is 12.8. The minimum Gasteiger partial charge on any atom is -0.508 e. The lowest BCUT2D eigenvalue weighted by Crippen LogP contribution is -2.57. The van der Waals surface area contributed by atoms with Crippen LogP contribution in [0.2, 0.25) is 0 Å². The van der Waals surface area contributed by atoms with E-state index < -0.39 is 65.2 Å². The maximum atomic E-state index is 12.9. The molecule has 10 N–H and O–H groups in total. The number of carbonyl (C=O) groups is 5. The van der Waals surface area contributed by atoms with Crippen molar-refractivity contribution in [3.05, 3.63) is 69.8 Å². The van der Waals surface area contributed by atoms with Gasteiger partial charge in [0.05, 0.1) is 23.6 Å². The van der Waals surface area contributed by atoms with Crippen molar-refractivity contribution in [2.24, 2.45) is 11.5 Å². The van der Waals surface area contributed by atoms with E-state index in [-0.39, 0.29) is 24.3 Å². The topological polar surface area (TPSA) is 261 Å². The number of hydrogen-bond donors (Lipinski definition) is 8. The molecule has 2 rings (SSSR count). The number of nitrogens with two attached hydrogens (primary N) is 2. The fourth-order valence-electron chi connectivity index (χ4n) is 3.81. The van der Waals surface area contributed by atoms with Crippen LogP contribution in [0.5, 0.6) is 5.75 Å². The molecule has 0 bridgehead atoms. The Morgan fingerprint density at radius 3 is 2.02 bits per heavy atom. The number of benzene rings is 2. The van der Waals surface area contributed by atoms with Gasteiger partial charge in [0.2, 0.25) is 17.7 Å². The molecule has 0 aliphatic heterocycles. The van der Waals surface area contributed by atoms with Gasteiger partial charge in [-0.15, -0.1) is 0 Å². The second-order valence-electron chi connectivity index (χ2n) is 10.0. The van der Waals surface area contributed by atoms with Crippen LogP contribution >= 0.6 is 11.8 Å². The summed E-state index contributed by atoms with van der Waals surface area (Å²) in [6.45, 7) is 0.838. The Labute approximate surface area is 263 Å². The molecule has 244 valence electrons. The van der Waals surface area contributed by atoms with Crippen LogP contribution in [0.25, 0.3) is 0 Å². The maximum Gasteiger partial charge on any atom is 0.269 e. The highest BCUT2D eigenvalue weighted by Crippen LogP contribution is 2.14. The summed E-state index contributed by atoms with van der Waals surface area (Å²) in [6.07, 6.45) is 2.27. The molecule has 0 aliphatic rings. The average molecular weight is 647 g/mol. The Hall–Kier alpha value is -4.74. The Balaban J connectivity index is 1.96. The molecule has 2 aromatic carbocycles. The van der Waals surface area contributed by atoms with Crippen molar-refractivity contribution in [2.45, 2.75) is 50.4 Å². The summed E-state index contributed by atoms with van der Waals surface area (Å²) < 4.78 is 0. The SMILES string of the molecule is CSCC[C@H](N)C(=O)NNC(=O)[C@H](Cc1ccc([N+](=O)[O-])cc1)NC(=O)CNC(=O)[C@@H](C)NC(=O)[C@@H](N)Cc1ccc(O)cc1. The normalized spacial score (nSPS) is 13.3. The van der Waals surface area contributed by atoms with Crippen LogP contribution in [0.1, 0.15) is 24.5 Å². The largest absolute Gasteiger partial charge is 0.508 e. The Kier molecular flexibility index (Phi) is 14.7. The number of amides is 5. The number of non-ortho nitro benzene ring substituents is 1. The van der Waals surface area contributed by atoms with Gasteiger partial charge in [0.1, 0.15) is 17.8 Å². The van der Waals surface area contributed by atoms with Crippen LogP contribution in [-0.4, -0.2) is 82.3 Å². The van der Waals surface area contributed by atoms with Gasteiger partial charge in [-0.25, -0.2) is 0 Å². The molecule has 0 aliphatic carbocycles. The second-order valence-corrected chi connectivity index (χ2v) is 11.0. The van der Waals surface area contributed by atoms with E-state index in [0.717, 1.165) is 0 Å². The first-order chi connectivity index (χ1) is 21.3. The van der Waals surface area contributed by atoms with Crippen LogP contribution < -0.4 is 38.3 Å². The molecule has 0 radical (unpaired) electrons. The standard InChI is InChI=1S/C28H38N8O8S/c1-16(32-26(40)22(30)13-17-5-9-20(37)10-6-17)25(39)31-15-24(38)33-23(14-18-3-7-19(8-4-18)36(43)44)28(42)35-34-27(41)21(29)11-12-45-2/h3-10,16,21-23,37H,11-15,29-30H2,1-2H3,(H,31,39)(H,32,40)(H,33,38)(H,34,41)(H,35,42)/t16-,21+,22+,23+/m1/s1. The number of nitro benzene ring substituents is 1. The Bertz CT molecular complexity index is 1340. The predicted octanol–water partition coefficient (Wildman–Crippen LogP) is -1.25. The van der Waals surface area contributed by atoms with Gasteiger partial charge in [-0.3, -0.25) is 44.9 Å². The summed E-state index contributed by atoms with van der Waals surface area (Å²) in [5.41, 5.74) is 17.2. The predicted molar refractivity (Wildman–Crippen MR) is 166 cm³/mol. The number of hydrogen-bond acceptors (Lipinski definition) is 11. The maximum absolute atomic E-state index is 12.9. The molecule has 45 heavy (non-hydrogen) atoms. The minimum atomic E-state index is -1.26. The molecule has 0 fully saturated rings. The van der Waals surface area contributed by atoms with Gasteiger partial charge in [0, 0.05) is 18.6 Å². The zero-order chi connectivity index (χ0) is 33.5. The number of phenolic OH excluding ortho intramolecular Hbond substituents is 1. The number of rotatable bonds is 16. The molecular formula is C28H38N8O8S. The van der Waals surface area contributed by atoms with Crippen molar-refractivity contribution < 1.29 is 34.0 Å². The summed E-state index contributed by atoms with van der Waals surface area (Å²) in [5, 5.41) is 27.6. The van der Waals surface area contributed by atoms with Crippen LogP contribution in [0.3, 0.4) is 0 Å². The van der Waals surface area contributed by atoms with Gasteiger partial charge in [-0.1, -0.05) is 24.3 Å². The van der Waals surface area contributed by atoms with Gasteiger partial charge >= 0.3 is 0 Å². The fraction of sp³-hybridized carbons (Fsp3) is 0.393. The van der Waals surface area contributed by atoms with Crippen LogP contribution in [-0.2, 0) is 36.8 Å².